The zero-order valence-electron chi connectivity index (χ0n) is 9.85. The SMILES string of the molecule is COCC1CCN(c2snc(N)c2C#N)CC1. The van der Waals surface area contributed by atoms with E-state index >= 15 is 0 Å². The van der Waals surface area contributed by atoms with Crippen molar-refractivity contribution in [2.75, 3.05) is 37.4 Å². The standard InChI is InChI=1S/C11H16N4OS/c1-16-7-8-2-4-15(5-3-8)11-9(6-12)10(13)14-17-11/h8H,2-5,7H2,1H3,(H2,13,14). The van der Waals surface area contributed by atoms with Crippen LogP contribution in [0.1, 0.15) is 18.4 Å². The number of nitriles is 1. The van der Waals surface area contributed by atoms with Gasteiger partial charge in [-0.2, -0.15) is 9.64 Å². The van der Waals surface area contributed by atoms with Gasteiger partial charge in [0.2, 0.25) is 0 Å². The molecule has 0 atom stereocenters. The van der Waals surface area contributed by atoms with E-state index in [2.05, 4.69) is 15.3 Å². The number of hydrogen-bond acceptors (Lipinski definition) is 6. The maximum Gasteiger partial charge on any atom is 0.157 e. The zero-order valence-corrected chi connectivity index (χ0v) is 10.7. The molecule has 2 heterocycles. The third-order valence-corrected chi connectivity index (χ3v) is 4.04. The highest BCUT2D eigenvalue weighted by molar-refractivity contribution is 7.10. The highest BCUT2D eigenvalue weighted by atomic mass is 32.1. The van der Waals surface area contributed by atoms with E-state index in [9.17, 15) is 0 Å². The number of hydrogen-bond donors (Lipinski definition) is 1. The molecule has 1 aromatic rings. The number of nitrogen functional groups attached to an aromatic ring is 1. The summed E-state index contributed by atoms with van der Waals surface area (Å²) in [6.07, 6.45) is 2.19. The van der Waals surface area contributed by atoms with E-state index in [0.717, 1.165) is 37.5 Å². The summed E-state index contributed by atoms with van der Waals surface area (Å²) in [5.74, 6) is 0.985. The highest BCUT2D eigenvalue weighted by Gasteiger charge is 2.23. The zero-order chi connectivity index (χ0) is 12.3. The molecule has 17 heavy (non-hydrogen) atoms. The third-order valence-electron chi connectivity index (χ3n) is 3.12. The topological polar surface area (TPSA) is 75.2 Å². The van der Waals surface area contributed by atoms with E-state index in [-0.39, 0.29) is 0 Å². The van der Waals surface area contributed by atoms with Gasteiger partial charge in [-0.3, -0.25) is 0 Å². The van der Waals surface area contributed by atoms with Gasteiger partial charge in [0, 0.05) is 26.8 Å². The van der Waals surface area contributed by atoms with Crippen LogP contribution in [0, 0.1) is 17.2 Å². The molecule has 5 nitrogen and oxygen atoms in total. The van der Waals surface area contributed by atoms with Gasteiger partial charge in [0.1, 0.15) is 16.6 Å². The third kappa shape index (κ3) is 2.51. The molecule has 2 N–H and O–H groups in total. The molecule has 2 rings (SSSR count). The number of anilines is 2. The lowest BCUT2D eigenvalue weighted by Crippen LogP contribution is -2.34. The number of piperidine rings is 1. The second-order valence-electron chi connectivity index (χ2n) is 4.25. The first-order valence-corrected chi connectivity index (χ1v) is 6.42. The Bertz CT molecular complexity index is 418. The van der Waals surface area contributed by atoms with E-state index in [1.165, 1.54) is 11.5 Å². The van der Waals surface area contributed by atoms with Gasteiger partial charge in [-0.15, -0.1) is 0 Å². The van der Waals surface area contributed by atoms with Crippen LogP contribution >= 0.6 is 11.5 Å². The van der Waals surface area contributed by atoms with Gasteiger partial charge >= 0.3 is 0 Å². The quantitative estimate of drug-likeness (QED) is 0.881. The van der Waals surface area contributed by atoms with Crippen LogP contribution in [0.2, 0.25) is 0 Å². The predicted molar refractivity (Wildman–Crippen MR) is 68.1 cm³/mol. The maximum absolute atomic E-state index is 9.05. The minimum Gasteiger partial charge on any atom is -0.384 e. The number of ether oxygens (including phenoxy) is 1. The Kier molecular flexibility index (Phi) is 3.82. The molecule has 1 aliphatic rings. The van der Waals surface area contributed by atoms with Crippen molar-refractivity contribution in [3.8, 4) is 6.07 Å². The van der Waals surface area contributed by atoms with Crippen molar-refractivity contribution in [2.45, 2.75) is 12.8 Å². The summed E-state index contributed by atoms with van der Waals surface area (Å²) in [6.45, 7) is 2.72. The lowest BCUT2D eigenvalue weighted by Gasteiger charge is -2.32. The summed E-state index contributed by atoms with van der Waals surface area (Å²) in [5.41, 5.74) is 6.19. The number of aromatic nitrogens is 1. The van der Waals surface area contributed by atoms with Crippen molar-refractivity contribution in [3.63, 3.8) is 0 Å². The van der Waals surface area contributed by atoms with Crippen LogP contribution in [-0.4, -0.2) is 31.2 Å². The summed E-state index contributed by atoms with van der Waals surface area (Å²) in [7, 11) is 1.74. The van der Waals surface area contributed by atoms with E-state index in [1.807, 2.05) is 0 Å². The normalized spacial score (nSPS) is 17.1. The largest absolute Gasteiger partial charge is 0.384 e. The molecule has 0 unspecified atom stereocenters. The minimum absolute atomic E-state index is 0.353. The van der Waals surface area contributed by atoms with Gasteiger partial charge in [0.25, 0.3) is 0 Å². The molecule has 0 aliphatic carbocycles. The van der Waals surface area contributed by atoms with Crippen LogP contribution in [0.15, 0.2) is 0 Å². The molecule has 0 bridgehead atoms. The van der Waals surface area contributed by atoms with Crippen molar-refractivity contribution < 1.29 is 4.74 Å². The average molecular weight is 252 g/mol. The van der Waals surface area contributed by atoms with E-state index in [4.69, 9.17) is 15.7 Å². The Balaban J connectivity index is 2.03. The first kappa shape index (κ1) is 12.1. The summed E-state index contributed by atoms with van der Waals surface area (Å²) >= 11 is 1.32. The van der Waals surface area contributed by atoms with Crippen LogP contribution in [-0.2, 0) is 4.74 Å². The molecular formula is C11H16N4OS. The first-order valence-electron chi connectivity index (χ1n) is 5.65. The molecule has 1 aromatic heterocycles. The fourth-order valence-corrected chi connectivity index (χ4v) is 2.97. The summed E-state index contributed by atoms with van der Waals surface area (Å²) in [4.78, 5) is 2.21. The van der Waals surface area contributed by atoms with Crippen LogP contribution in [0.4, 0.5) is 10.8 Å². The highest BCUT2D eigenvalue weighted by Crippen LogP contribution is 2.32. The lowest BCUT2D eigenvalue weighted by atomic mass is 9.98. The number of nitrogens with two attached hydrogens (primary N) is 1. The van der Waals surface area contributed by atoms with Crippen LogP contribution in [0.3, 0.4) is 0 Å². The van der Waals surface area contributed by atoms with Gasteiger partial charge < -0.3 is 15.4 Å². The molecule has 92 valence electrons. The van der Waals surface area contributed by atoms with E-state index in [0.29, 0.717) is 17.3 Å². The Morgan fingerprint density at radius 2 is 2.29 bits per heavy atom. The molecule has 0 radical (unpaired) electrons. The van der Waals surface area contributed by atoms with Crippen molar-refractivity contribution >= 4 is 22.4 Å². The molecule has 0 amide bonds. The molecule has 0 aromatic carbocycles. The fourth-order valence-electron chi connectivity index (χ4n) is 2.15. The molecule has 0 spiro atoms. The molecular weight excluding hydrogens is 236 g/mol. The summed E-state index contributed by atoms with van der Waals surface area (Å²) in [6, 6.07) is 2.13. The summed E-state index contributed by atoms with van der Waals surface area (Å²) < 4.78 is 9.22. The monoisotopic (exact) mass is 252 g/mol. The van der Waals surface area contributed by atoms with Crippen molar-refractivity contribution in [2.24, 2.45) is 5.92 Å². The van der Waals surface area contributed by atoms with Gasteiger partial charge in [-0.1, -0.05) is 0 Å². The molecule has 1 fully saturated rings. The maximum atomic E-state index is 9.05. The molecule has 6 heteroatoms. The summed E-state index contributed by atoms with van der Waals surface area (Å²) in [5, 5.41) is 9.96. The van der Waals surface area contributed by atoms with Gasteiger partial charge in [-0.05, 0) is 30.3 Å². The lowest BCUT2D eigenvalue weighted by molar-refractivity contribution is 0.139. The molecule has 0 saturated carbocycles. The smallest absolute Gasteiger partial charge is 0.157 e. The van der Waals surface area contributed by atoms with Crippen LogP contribution < -0.4 is 10.6 Å². The second kappa shape index (κ2) is 5.34. The Hall–Kier alpha value is -1.32. The van der Waals surface area contributed by atoms with Crippen molar-refractivity contribution in [1.29, 1.82) is 5.26 Å². The van der Waals surface area contributed by atoms with Crippen LogP contribution in [0.25, 0.3) is 0 Å². The fraction of sp³-hybridized carbons (Fsp3) is 0.636. The van der Waals surface area contributed by atoms with E-state index < -0.39 is 0 Å². The van der Waals surface area contributed by atoms with Crippen LogP contribution in [0.5, 0.6) is 0 Å². The number of rotatable bonds is 3. The number of methoxy groups -OCH3 is 1. The predicted octanol–water partition coefficient (Wildman–Crippen LogP) is 1.46. The number of nitrogens with zero attached hydrogens (tertiary/aromatic N) is 3. The first-order chi connectivity index (χ1) is 8.26. The van der Waals surface area contributed by atoms with Crippen molar-refractivity contribution in [3.05, 3.63) is 5.56 Å². The average Bonchev–Trinajstić information content (AvgIpc) is 2.72. The van der Waals surface area contributed by atoms with Gasteiger partial charge in [-0.25, -0.2) is 0 Å². The van der Waals surface area contributed by atoms with E-state index in [1.54, 1.807) is 7.11 Å². The van der Waals surface area contributed by atoms with Gasteiger partial charge in [0.15, 0.2) is 5.82 Å². The minimum atomic E-state index is 0.353. The second-order valence-corrected chi connectivity index (χ2v) is 5.00. The Morgan fingerprint density at radius 3 is 2.88 bits per heavy atom. The molecule has 1 aliphatic heterocycles. The van der Waals surface area contributed by atoms with Crippen molar-refractivity contribution in [1.82, 2.24) is 4.37 Å². The Labute approximate surface area is 105 Å². The van der Waals surface area contributed by atoms with Gasteiger partial charge in [0.05, 0.1) is 0 Å². The molecule has 1 saturated heterocycles. The Morgan fingerprint density at radius 1 is 1.59 bits per heavy atom.